The van der Waals surface area contributed by atoms with E-state index in [0.717, 1.165) is 16.7 Å². The first-order valence-electron chi connectivity index (χ1n) is 5.80. The van der Waals surface area contributed by atoms with Crippen LogP contribution in [-0.4, -0.2) is 12.2 Å². The number of hydrogen-bond donors (Lipinski definition) is 2. The maximum atomic E-state index is 10.4. The molecule has 0 amide bonds. The summed E-state index contributed by atoms with van der Waals surface area (Å²) in [5, 5.41) is 10.4. The summed E-state index contributed by atoms with van der Waals surface area (Å²) in [6, 6.07) is 13.0. The first kappa shape index (κ1) is 12.5. The van der Waals surface area contributed by atoms with Gasteiger partial charge in [0.25, 0.3) is 0 Å². The molecule has 1 atom stereocenters. The zero-order valence-corrected chi connectivity index (χ0v) is 10.6. The number of nitrogen functional groups attached to an aromatic ring is 1. The van der Waals surface area contributed by atoms with Gasteiger partial charge in [-0.2, -0.15) is 0 Å². The standard InChI is InChI=1S/C15H17NO2/c1-10-6-7-14(18-2)13(8-10)15(17)11-4-3-5-12(16)9-11/h3-9,15,17H,16H2,1-2H3. The Hall–Kier alpha value is -2.00. The van der Waals surface area contributed by atoms with Crippen molar-refractivity contribution in [2.75, 3.05) is 12.8 Å². The molecule has 0 bridgehead atoms. The lowest BCUT2D eigenvalue weighted by atomic mass is 9.98. The second-order valence-electron chi connectivity index (χ2n) is 4.32. The van der Waals surface area contributed by atoms with E-state index in [2.05, 4.69) is 0 Å². The van der Waals surface area contributed by atoms with Gasteiger partial charge in [0.1, 0.15) is 11.9 Å². The van der Waals surface area contributed by atoms with E-state index in [0.29, 0.717) is 11.4 Å². The minimum absolute atomic E-state index is 0.637. The lowest BCUT2D eigenvalue weighted by Gasteiger charge is -2.16. The monoisotopic (exact) mass is 243 g/mol. The molecule has 3 heteroatoms. The summed E-state index contributed by atoms with van der Waals surface area (Å²) in [4.78, 5) is 0. The highest BCUT2D eigenvalue weighted by molar-refractivity contribution is 5.47. The molecule has 0 saturated heterocycles. The number of anilines is 1. The van der Waals surface area contributed by atoms with Gasteiger partial charge in [0.15, 0.2) is 0 Å². The number of aliphatic hydroxyl groups is 1. The van der Waals surface area contributed by atoms with Crippen LogP contribution in [0.3, 0.4) is 0 Å². The summed E-state index contributed by atoms with van der Waals surface area (Å²) in [5.41, 5.74) is 8.96. The summed E-state index contributed by atoms with van der Waals surface area (Å²) >= 11 is 0. The summed E-state index contributed by atoms with van der Waals surface area (Å²) in [5.74, 6) is 0.676. The molecule has 0 aliphatic carbocycles. The third-order valence-electron chi connectivity index (χ3n) is 2.91. The maximum Gasteiger partial charge on any atom is 0.125 e. The maximum absolute atomic E-state index is 10.4. The second kappa shape index (κ2) is 5.10. The number of ether oxygens (including phenoxy) is 1. The van der Waals surface area contributed by atoms with E-state index < -0.39 is 6.10 Å². The van der Waals surface area contributed by atoms with Gasteiger partial charge in [0.05, 0.1) is 7.11 Å². The number of nitrogens with two attached hydrogens (primary N) is 1. The van der Waals surface area contributed by atoms with Crippen LogP contribution >= 0.6 is 0 Å². The molecule has 3 nitrogen and oxygen atoms in total. The molecule has 1 unspecified atom stereocenters. The van der Waals surface area contributed by atoms with Gasteiger partial charge in [-0.25, -0.2) is 0 Å². The fraction of sp³-hybridized carbons (Fsp3) is 0.200. The third-order valence-corrected chi connectivity index (χ3v) is 2.91. The SMILES string of the molecule is COc1ccc(C)cc1C(O)c1cccc(N)c1. The molecule has 94 valence electrons. The van der Waals surface area contributed by atoms with Crippen LogP contribution in [0.4, 0.5) is 5.69 Å². The molecule has 0 aliphatic rings. The Kier molecular flexibility index (Phi) is 3.53. The van der Waals surface area contributed by atoms with Crippen molar-refractivity contribution in [2.24, 2.45) is 0 Å². The van der Waals surface area contributed by atoms with E-state index in [9.17, 15) is 5.11 Å². The highest BCUT2D eigenvalue weighted by atomic mass is 16.5. The van der Waals surface area contributed by atoms with Crippen LogP contribution in [-0.2, 0) is 0 Å². The number of benzene rings is 2. The smallest absolute Gasteiger partial charge is 0.125 e. The topological polar surface area (TPSA) is 55.5 Å². The second-order valence-corrected chi connectivity index (χ2v) is 4.32. The Balaban J connectivity index is 2.44. The summed E-state index contributed by atoms with van der Waals surface area (Å²) in [7, 11) is 1.60. The third kappa shape index (κ3) is 2.46. The van der Waals surface area contributed by atoms with E-state index in [-0.39, 0.29) is 0 Å². The Labute approximate surface area is 107 Å². The Morgan fingerprint density at radius 2 is 1.94 bits per heavy atom. The van der Waals surface area contributed by atoms with Gasteiger partial charge in [-0.15, -0.1) is 0 Å². The van der Waals surface area contributed by atoms with E-state index in [1.54, 1.807) is 19.2 Å². The minimum Gasteiger partial charge on any atom is -0.496 e. The molecule has 2 rings (SSSR count). The van der Waals surface area contributed by atoms with Crippen molar-refractivity contribution in [1.82, 2.24) is 0 Å². The number of rotatable bonds is 3. The van der Waals surface area contributed by atoms with E-state index in [4.69, 9.17) is 10.5 Å². The molecular weight excluding hydrogens is 226 g/mol. The Bertz CT molecular complexity index is 552. The fourth-order valence-corrected chi connectivity index (χ4v) is 1.98. The average Bonchev–Trinajstić information content (AvgIpc) is 2.38. The van der Waals surface area contributed by atoms with Gasteiger partial charge in [-0.05, 0) is 36.8 Å². The molecule has 3 N–H and O–H groups in total. The summed E-state index contributed by atoms with van der Waals surface area (Å²) < 4.78 is 5.28. The molecule has 0 aliphatic heterocycles. The molecule has 0 spiro atoms. The van der Waals surface area contributed by atoms with Crippen molar-refractivity contribution in [2.45, 2.75) is 13.0 Å². The van der Waals surface area contributed by atoms with Crippen molar-refractivity contribution in [3.8, 4) is 5.75 Å². The molecule has 0 saturated carbocycles. The van der Waals surface area contributed by atoms with Crippen molar-refractivity contribution >= 4 is 5.69 Å². The van der Waals surface area contributed by atoms with Crippen molar-refractivity contribution in [3.05, 3.63) is 59.2 Å². The van der Waals surface area contributed by atoms with Crippen molar-refractivity contribution in [1.29, 1.82) is 0 Å². The molecule has 2 aromatic rings. The number of methoxy groups -OCH3 is 1. The average molecular weight is 243 g/mol. The zero-order valence-electron chi connectivity index (χ0n) is 10.6. The van der Waals surface area contributed by atoms with E-state index >= 15 is 0 Å². The molecule has 18 heavy (non-hydrogen) atoms. The predicted molar refractivity (Wildman–Crippen MR) is 72.6 cm³/mol. The van der Waals surface area contributed by atoms with Crippen LogP contribution in [0.15, 0.2) is 42.5 Å². The molecule has 0 aromatic heterocycles. The summed E-state index contributed by atoms with van der Waals surface area (Å²) in [6.07, 6.45) is -0.733. The highest BCUT2D eigenvalue weighted by Gasteiger charge is 2.15. The van der Waals surface area contributed by atoms with Gasteiger partial charge in [0.2, 0.25) is 0 Å². The van der Waals surface area contributed by atoms with Gasteiger partial charge >= 0.3 is 0 Å². The molecular formula is C15H17NO2. The summed E-state index contributed by atoms with van der Waals surface area (Å²) in [6.45, 7) is 1.98. The van der Waals surface area contributed by atoms with Crippen LogP contribution in [0.25, 0.3) is 0 Å². The van der Waals surface area contributed by atoms with Crippen LogP contribution in [0.2, 0.25) is 0 Å². The minimum atomic E-state index is -0.733. The number of aliphatic hydroxyl groups excluding tert-OH is 1. The molecule has 0 radical (unpaired) electrons. The highest BCUT2D eigenvalue weighted by Crippen LogP contribution is 2.31. The lowest BCUT2D eigenvalue weighted by Crippen LogP contribution is -2.03. The quantitative estimate of drug-likeness (QED) is 0.815. The van der Waals surface area contributed by atoms with Crippen molar-refractivity contribution < 1.29 is 9.84 Å². The van der Waals surface area contributed by atoms with Gasteiger partial charge in [-0.1, -0.05) is 23.8 Å². The van der Waals surface area contributed by atoms with Crippen LogP contribution in [0, 0.1) is 6.92 Å². The van der Waals surface area contributed by atoms with Gasteiger partial charge in [-0.3, -0.25) is 0 Å². The molecule has 2 aromatic carbocycles. The van der Waals surface area contributed by atoms with E-state index in [1.807, 2.05) is 37.3 Å². The first-order chi connectivity index (χ1) is 8.61. The van der Waals surface area contributed by atoms with Crippen LogP contribution in [0.1, 0.15) is 22.8 Å². The van der Waals surface area contributed by atoms with Crippen LogP contribution < -0.4 is 10.5 Å². The molecule has 0 heterocycles. The fourth-order valence-electron chi connectivity index (χ4n) is 1.98. The Morgan fingerprint density at radius 3 is 2.61 bits per heavy atom. The zero-order chi connectivity index (χ0) is 13.1. The number of aryl methyl sites for hydroxylation is 1. The van der Waals surface area contributed by atoms with Crippen molar-refractivity contribution in [3.63, 3.8) is 0 Å². The number of hydrogen-bond acceptors (Lipinski definition) is 3. The van der Waals surface area contributed by atoms with E-state index in [1.165, 1.54) is 0 Å². The normalized spacial score (nSPS) is 12.2. The predicted octanol–water partition coefficient (Wildman–Crippen LogP) is 2.67. The molecule has 0 fully saturated rings. The first-order valence-corrected chi connectivity index (χ1v) is 5.80. The largest absolute Gasteiger partial charge is 0.496 e. The van der Waals surface area contributed by atoms with Gasteiger partial charge < -0.3 is 15.6 Å². The Morgan fingerprint density at radius 1 is 1.17 bits per heavy atom. The van der Waals surface area contributed by atoms with Crippen LogP contribution in [0.5, 0.6) is 5.75 Å². The van der Waals surface area contributed by atoms with Gasteiger partial charge in [0, 0.05) is 11.3 Å². The lowest BCUT2D eigenvalue weighted by molar-refractivity contribution is 0.214.